The summed E-state index contributed by atoms with van der Waals surface area (Å²) in [5.41, 5.74) is 0.226. The quantitative estimate of drug-likeness (QED) is 0.546. The van der Waals surface area contributed by atoms with Crippen molar-refractivity contribution in [3.8, 4) is 23.3 Å². The van der Waals surface area contributed by atoms with Crippen LogP contribution in [0.1, 0.15) is 51.7 Å². The van der Waals surface area contributed by atoms with Gasteiger partial charge < -0.3 is 10.1 Å². The smallest absolute Gasteiger partial charge is 0.410 e. The van der Waals surface area contributed by atoms with Crippen LogP contribution in [0, 0.1) is 34.4 Å². The number of hydrogen-bond donors (Lipinski definition) is 1. The number of rotatable bonds is 6. The van der Waals surface area contributed by atoms with Gasteiger partial charge in [-0.2, -0.15) is 10.5 Å². The summed E-state index contributed by atoms with van der Waals surface area (Å²) >= 11 is 0. The molecule has 0 spiro atoms. The molecule has 9 nitrogen and oxygen atoms in total. The molecule has 0 saturated carbocycles. The Hall–Kier alpha value is -3.96. The summed E-state index contributed by atoms with van der Waals surface area (Å²) in [6, 6.07) is 10.4. The number of nitrogens with zero attached hydrogens (tertiary/aromatic N) is 3. The van der Waals surface area contributed by atoms with Crippen LogP contribution in [0.4, 0.5) is 9.18 Å². The van der Waals surface area contributed by atoms with Crippen molar-refractivity contribution >= 4 is 21.8 Å². The second-order valence-electron chi connectivity index (χ2n) is 11.0. The van der Waals surface area contributed by atoms with E-state index in [1.165, 1.54) is 35.2 Å². The van der Waals surface area contributed by atoms with E-state index in [0.29, 0.717) is 24.1 Å². The molecule has 1 aliphatic rings. The standard InChI is InChI=1S/C29H33FN4O5S/c1-18-7-6-12-34(28(36)39-29(2,3)4)26(18)27(35)33-23(17-32)13-21-10-8-19(14-24(21)30)20-9-11-22(16-31)25(15-20)40(5,37)38/h8-11,14-15,18,23,26H,6-7,12-13H2,1-5H3,(H,33,35)/t18-,23-,26?/m0/s1. The van der Waals surface area contributed by atoms with E-state index < -0.39 is 45.3 Å². The molecule has 1 heterocycles. The number of benzene rings is 2. The van der Waals surface area contributed by atoms with E-state index in [1.54, 1.807) is 26.8 Å². The highest BCUT2D eigenvalue weighted by Gasteiger charge is 2.39. The van der Waals surface area contributed by atoms with Crippen molar-refractivity contribution in [2.24, 2.45) is 5.92 Å². The zero-order valence-corrected chi connectivity index (χ0v) is 24.0. The number of nitriles is 2. The van der Waals surface area contributed by atoms with E-state index in [0.717, 1.165) is 12.7 Å². The molecule has 1 aliphatic heterocycles. The minimum Gasteiger partial charge on any atom is -0.444 e. The molecule has 11 heteroatoms. The Morgan fingerprint density at radius 1 is 1.18 bits per heavy atom. The normalized spacial score (nSPS) is 18.2. The van der Waals surface area contributed by atoms with Crippen LogP contribution >= 0.6 is 0 Å². The van der Waals surface area contributed by atoms with Crippen LogP contribution < -0.4 is 5.32 Å². The molecule has 0 bridgehead atoms. The van der Waals surface area contributed by atoms with E-state index in [9.17, 15) is 28.5 Å². The fraction of sp³-hybridized carbons (Fsp3) is 0.448. The van der Waals surface area contributed by atoms with Crippen LogP contribution in [0.2, 0.25) is 0 Å². The molecular formula is C29H33FN4O5S. The topological polar surface area (TPSA) is 140 Å². The lowest BCUT2D eigenvalue weighted by Gasteiger charge is -2.39. The van der Waals surface area contributed by atoms with Crippen LogP contribution in [0.5, 0.6) is 0 Å². The molecule has 40 heavy (non-hydrogen) atoms. The number of hydrogen-bond acceptors (Lipinski definition) is 7. The van der Waals surface area contributed by atoms with Gasteiger partial charge >= 0.3 is 6.09 Å². The summed E-state index contributed by atoms with van der Waals surface area (Å²) in [5.74, 6) is -1.31. The van der Waals surface area contributed by atoms with Crippen molar-refractivity contribution < 1.29 is 27.1 Å². The van der Waals surface area contributed by atoms with Gasteiger partial charge in [0.05, 0.1) is 16.5 Å². The first-order valence-corrected chi connectivity index (χ1v) is 14.8. The van der Waals surface area contributed by atoms with Gasteiger partial charge in [-0.05, 0) is 74.4 Å². The van der Waals surface area contributed by atoms with Crippen LogP contribution in [0.3, 0.4) is 0 Å². The van der Waals surface area contributed by atoms with Gasteiger partial charge in [0.2, 0.25) is 5.91 Å². The predicted octanol–water partition coefficient (Wildman–Crippen LogP) is 4.35. The van der Waals surface area contributed by atoms with Gasteiger partial charge in [-0.15, -0.1) is 0 Å². The number of carbonyl (C=O) groups excluding carboxylic acids is 2. The minimum atomic E-state index is -3.68. The van der Waals surface area contributed by atoms with Crippen molar-refractivity contribution in [3.05, 3.63) is 53.3 Å². The lowest BCUT2D eigenvalue weighted by molar-refractivity contribution is -0.130. The Labute approximate surface area is 234 Å². The van der Waals surface area contributed by atoms with E-state index >= 15 is 4.39 Å². The first kappa shape index (κ1) is 30.6. The van der Waals surface area contributed by atoms with Crippen LogP contribution in [0.15, 0.2) is 41.3 Å². The second-order valence-corrected chi connectivity index (χ2v) is 13.0. The molecule has 212 valence electrons. The number of amides is 2. The fourth-order valence-corrected chi connectivity index (χ4v) is 5.57. The monoisotopic (exact) mass is 568 g/mol. The number of carbonyl (C=O) groups is 2. The highest BCUT2D eigenvalue weighted by molar-refractivity contribution is 7.90. The van der Waals surface area contributed by atoms with Crippen molar-refractivity contribution in [1.29, 1.82) is 10.5 Å². The van der Waals surface area contributed by atoms with E-state index in [4.69, 9.17) is 4.74 Å². The number of piperidine rings is 1. The maximum absolute atomic E-state index is 15.1. The van der Waals surface area contributed by atoms with Crippen molar-refractivity contribution in [2.75, 3.05) is 12.8 Å². The summed E-state index contributed by atoms with van der Waals surface area (Å²) in [4.78, 5) is 27.3. The zero-order chi connectivity index (χ0) is 29.8. The first-order chi connectivity index (χ1) is 18.6. The molecule has 0 radical (unpaired) electrons. The molecule has 1 unspecified atom stereocenters. The van der Waals surface area contributed by atoms with Gasteiger partial charge in [0.25, 0.3) is 0 Å². The fourth-order valence-electron chi connectivity index (χ4n) is 4.71. The number of nitrogens with one attached hydrogen (secondary N) is 1. The lowest BCUT2D eigenvalue weighted by atomic mass is 9.90. The third-order valence-electron chi connectivity index (χ3n) is 6.61. The zero-order valence-electron chi connectivity index (χ0n) is 23.2. The summed E-state index contributed by atoms with van der Waals surface area (Å²) in [6.45, 7) is 7.43. The van der Waals surface area contributed by atoms with E-state index in [2.05, 4.69) is 5.32 Å². The lowest BCUT2D eigenvalue weighted by Crippen LogP contribution is -2.57. The number of ether oxygens (including phenoxy) is 1. The Bertz CT molecular complexity index is 1490. The third kappa shape index (κ3) is 7.36. The van der Waals surface area contributed by atoms with E-state index in [-0.39, 0.29) is 28.4 Å². The van der Waals surface area contributed by atoms with Gasteiger partial charge in [0.15, 0.2) is 9.84 Å². The molecule has 1 N–H and O–H groups in total. The molecule has 0 aliphatic carbocycles. The van der Waals surface area contributed by atoms with Crippen LogP contribution in [-0.2, 0) is 25.8 Å². The molecule has 1 saturated heterocycles. The van der Waals surface area contributed by atoms with Gasteiger partial charge in [-0.3, -0.25) is 9.69 Å². The summed E-state index contributed by atoms with van der Waals surface area (Å²) < 4.78 is 44.8. The van der Waals surface area contributed by atoms with Gasteiger partial charge in [0.1, 0.15) is 29.6 Å². The van der Waals surface area contributed by atoms with Gasteiger partial charge in [0, 0.05) is 19.2 Å². The second kappa shape index (κ2) is 12.1. The van der Waals surface area contributed by atoms with Crippen LogP contribution in [-0.4, -0.2) is 55.8 Å². The minimum absolute atomic E-state index is 0.00605. The van der Waals surface area contributed by atoms with Crippen LogP contribution in [0.25, 0.3) is 11.1 Å². The SMILES string of the molecule is C[C@H]1CCCN(C(=O)OC(C)(C)C)C1C(=O)N[C@H](C#N)Cc1ccc(-c2ccc(C#N)c(S(C)(=O)=O)c2)cc1F. The molecule has 3 rings (SSSR count). The average molecular weight is 569 g/mol. The summed E-state index contributed by atoms with van der Waals surface area (Å²) in [5, 5.41) is 21.6. The Morgan fingerprint density at radius 3 is 2.40 bits per heavy atom. The maximum Gasteiger partial charge on any atom is 0.410 e. The molecule has 3 atom stereocenters. The van der Waals surface area contributed by atoms with Crippen molar-refractivity contribution in [1.82, 2.24) is 10.2 Å². The molecule has 1 fully saturated rings. The highest BCUT2D eigenvalue weighted by atomic mass is 32.2. The Kier molecular flexibility index (Phi) is 9.21. The van der Waals surface area contributed by atoms with Crippen molar-refractivity contribution in [3.63, 3.8) is 0 Å². The van der Waals surface area contributed by atoms with E-state index in [1.807, 2.05) is 19.1 Å². The Balaban J connectivity index is 1.79. The Morgan fingerprint density at radius 2 is 1.82 bits per heavy atom. The number of likely N-dealkylation sites (tertiary alicyclic amines) is 1. The molecule has 2 aromatic carbocycles. The molecule has 2 amide bonds. The largest absolute Gasteiger partial charge is 0.444 e. The first-order valence-electron chi connectivity index (χ1n) is 12.9. The highest BCUT2D eigenvalue weighted by Crippen LogP contribution is 2.28. The summed E-state index contributed by atoms with van der Waals surface area (Å²) in [6.07, 6.45) is 1.71. The van der Waals surface area contributed by atoms with Crippen molar-refractivity contribution in [2.45, 2.75) is 69.5 Å². The van der Waals surface area contributed by atoms with Gasteiger partial charge in [-0.25, -0.2) is 17.6 Å². The number of halogens is 1. The predicted molar refractivity (Wildman–Crippen MR) is 146 cm³/mol. The molecular weight excluding hydrogens is 535 g/mol. The van der Waals surface area contributed by atoms with Gasteiger partial charge in [-0.1, -0.05) is 25.1 Å². The number of sulfone groups is 1. The average Bonchev–Trinajstić information content (AvgIpc) is 2.87. The summed E-state index contributed by atoms with van der Waals surface area (Å²) in [7, 11) is -3.68. The molecule has 0 aromatic heterocycles. The molecule has 2 aromatic rings. The third-order valence-corrected chi connectivity index (χ3v) is 7.75. The maximum atomic E-state index is 15.1.